The third kappa shape index (κ3) is 4.92. The van der Waals surface area contributed by atoms with Gasteiger partial charge in [0, 0.05) is 11.3 Å². The lowest BCUT2D eigenvalue weighted by Crippen LogP contribution is -2.30. The molecular weight excluding hydrogens is 204 g/mol. The smallest absolute Gasteiger partial charge is 0.157 e. The molecule has 2 unspecified atom stereocenters. The molecule has 0 saturated heterocycles. The molecule has 15 heavy (non-hydrogen) atoms. The topological polar surface area (TPSA) is 24.4 Å². The number of rotatable bonds is 5. The minimum Gasteiger partial charge on any atom is -0.362 e. The lowest BCUT2D eigenvalue weighted by atomic mass is 10.0. The van der Waals surface area contributed by atoms with Gasteiger partial charge in [0.15, 0.2) is 5.17 Å². The average Bonchev–Trinajstić information content (AvgIpc) is 2.62. The molecule has 0 saturated carbocycles. The first-order valence-electron chi connectivity index (χ1n) is 6.09. The summed E-state index contributed by atoms with van der Waals surface area (Å²) in [6, 6.07) is 0.564. The lowest BCUT2D eigenvalue weighted by molar-refractivity contribution is 0.494. The van der Waals surface area contributed by atoms with Crippen molar-refractivity contribution >= 4 is 16.9 Å². The van der Waals surface area contributed by atoms with E-state index in [4.69, 9.17) is 0 Å². The molecule has 0 amide bonds. The van der Waals surface area contributed by atoms with Gasteiger partial charge in [0.2, 0.25) is 0 Å². The Morgan fingerprint density at radius 2 is 2.13 bits per heavy atom. The van der Waals surface area contributed by atoms with Crippen LogP contribution < -0.4 is 5.32 Å². The molecule has 2 nitrogen and oxygen atoms in total. The number of hydrogen-bond acceptors (Lipinski definition) is 3. The van der Waals surface area contributed by atoms with Crippen molar-refractivity contribution in [3.05, 3.63) is 0 Å². The van der Waals surface area contributed by atoms with Crippen LogP contribution >= 0.6 is 11.8 Å². The summed E-state index contributed by atoms with van der Waals surface area (Å²) in [5.41, 5.74) is 0. The number of aliphatic imine (C=N–C) groups is 1. The molecule has 1 aliphatic heterocycles. The molecule has 0 radical (unpaired) electrons. The standard InChI is InChI=1S/C12H24N2S/c1-5-11-8-13-12(15-11)14-10(4)7-6-9(2)3/h9-11H,5-8H2,1-4H3,(H,13,14). The molecule has 88 valence electrons. The van der Waals surface area contributed by atoms with E-state index >= 15 is 0 Å². The third-order valence-corrected chi connectivity index (χ3v) is 4.01. The second-order valence-corrected chi connectivity index (χ2v) is 6.10. The second kappa shape index (κ2) is 6.41. The maximum atomic E-state index is 4.52. The first-order chi connectivity index (χ1) is 7.11. The summed E-state index contributed by atoms with van der Waals surface area (Å²) in [4.78, 5) is 4.52. The molecule has 0 bridgehead atoms. The number of hydrogen-bond donors (Lipinski definition) is 1. The molecule has 2 atom stereocenters. The van der Waals surface area contributed by atoms with Gasteiger partial charge in [-0.25, -0.2) is 0 Å². The van der Waals surface area contributed by atoms with Gasteiger partial charge < -0.3 is 5.32 Å². The molecule has 1 aliphatic rings. The van der Waals surface area contributed by atoms with Crippen LogP contribution in [0.4, 0.5) is 0 Å². The Morgan fingerprint density at radius 3 is 2.67 bits per heavy atom. The Morgan fingerprint density at radius 1 is 1.40 bits per heavy atom. The summed E-state index contributed by atoms with van der Waals surface area (Å²) >= 11 is 1.91. The summed E-state index contributed by atoms with van der Waals surface area (Å²) in [5, 5.41) is 5.39. The molecule has 0 aromatic carbocycles. The van der Waals surface area contributed by atoms with Gasteiger partial charge in [-0.3, -0.25) is 4.99 Å². The number of amidine groups is 1. The maximum Gasteiger partial charge on any atom is 0.157 e. The minimum absolute atomic E-state index is 0.564. The fourth-order valence-electron chi connectivity index (χ4n) is 1.58. The van der Waals surface area contributed by atoms with Crippen molar-refractivity contribution in [3.63, 3.8) is 0 Å². The van der Waals surface area contributed by atoms with Crippen molar-refractivity contribution in [2.75, 3.05) is 6.54 Å². The molecule has 3 heteroatoms. The largest absolute Gasteiger partial charge is 0.362 e. The van der Waals surface area contributed by atoms with Gasteiger partial charge in [-0.1, -0.05) is 32.5 Å². The molecule has 1 rings (SSSR count). The summed E-state index contributed by atoms with van der Waals surface area (Å²) in [5.74, 6) is 0.802. The van der Waals surface area contributed by atoms with E-state index in [1.807, 2.05) is 11.8 Å². The zero-order valence-electron chi connectivity index (χ0n) is 10.4. The summed E-state index contributed by atoms with van der Waals surface area (Å²) in [6.45, 7) is 10.0. The lowest BCUT2D eigenvalue weighted by Gasteiger charge is -2.16. The predicted molar refractivity (Wildman–Crippen MR) is 70.6 cm³/mol. The predicted octanol–water partition coefficient (Wildman–Crippen LogP) is 3.28. The molecule has 1 heterocycles. The van der Waals surface area contributed by atoms with Crippen LogP contribution in [0.2, 0.25) is 0 Å². The first-order valence-corrected chi connectivity index (χ1v) is 6.97. The fraction of sp³-hybridized carbons (Fsp3) is 0.917. The summed E-state index contributed by atoms with van der Waals surface area (Å²) in [7, 11) is 0. The highest BCUT2D eigenvalue weighted by molar-refractivity contribution is 8.14. The van der Waals surface area contributed by atoms with Crippen molar-refractivity contribution in [1.82, 2.24) is 5.32 Å². The normalized spacial score (nSPS) is 23.0. The van der Waals surface area contributed by atoms with Gasteiger partial charge in [0.25, 0.3) is 0 Å². The van der Waals surface area contributed by atoms with Crippen LogP contribution in [-0.4, -0.2) is 23.0 Å². The monoisotopic (exact) mass is 228 g/mol. The quantitative estimate of drug-likeness (QED) is 0.781. The van der Waals surface area contributed by atoms with Gasteiger partial charge in [-0.15, -0.1) is 0 Å². The van der Waals surface area contributed by atoms with Crippen molar-refractivity contribution in [3.8, 4) is 0 Å². The van der Waals surface area contributed by atoms with Gasteiger partial charge >= 0.3 is 0 Å². The van der Waals surface area contributed by atoms with Crippen LogP contribution in [0.15, 0.2) is 4.99 Å². The van der Waals surface area contributed by atoms with Crippen LogP contribution in [0.25, 0.3) is 0 Å². The number of nitrogens with zero attached hydrogens (tertiary/aromatic N) is 1. The minimum atomic E-state index is 0.564. The highest BCUT2D eigenvalue weighted by Crippen LogP contribution is 2.22. The van der Waals surface area contributed by atoms with E-state index in [1.165, 1.54) is 19.3 Å². The molecule has 0 spiro atoms. The SMILES string of the molecule is CCC1CN=C(NC(C)CCC(C)C)S1. The van der Waals surface area contributed by atoms with Crippen LogP contribution in [0.1, 0.15) is 47.0 Å². The van der Waals surface area contributed by atoms with Crippen molar-refractivity contribution < 1.29 is 0 Å². The molecule has 0 aromatic rings. The van der Waals surface area contributed by atoms with Crippen LogP contribution in [0.5, 0.6) is 0 Å². The third-order valence-electron chi connectivity index (χ3n) is 2.72. The Labute approximate surface area is 98.3 Å². The number of nitrogens with one attached hydrogen (secondary N) is 1. The van der Waals surface area contributed by atoms with Gasteiger partial charge in [-0.05, 0) is 32.1 Å². The Hall–Kier alpha value is -0.180. The Balaban J connectivity index is 2.18. The maximum absolute atomic E-state index is 4.52. The molecule has 0 fully saturated rings. The van der Waals surface area contributed by atoms with Gasteiger partial charge in [0.05, 0.1) is 6.54 Å². The van der Waals surface area contributed by atoms with Gasteiger partial charge in [0.1, 0.15) is 0 Å². The van der Waals surface area contributed by atoms with E-state index in [0.717, 1.165) is 17.6 Å². The van der Waals surface area contributed by atoms with E-state index < -0.39 is 0 Å². The second-order valence-electron chi connectivity index (χ2n) is 4.81. The van der Waals surface area contributed by atoms with E-state index in [9.17, 15) is 0 Å². The first kappa shape index (κ1) is 12.9. The zero-order valence-corrected chi connectivity index (χ0v) is 11.2. The molecule has 1 N–H and O–H groups in total. The molecule has 0 aliphatic carbocycles. The van der Waals surface area contributed by atoms with Crippen LogP contribution in [-0.2, 0) is 0 Å². The van der Waals surface area contributed by atoms with E-state index in [2.05, 4.69) is 38.0 Å². The highest BCUT2D eigenvalue weighted by Gasteiger charge is 2.18. The molecule has 0 aromatic heterocycles. The van der Waals surface area contributed by atoms with Crippen LogP contribution in [0, 0.1) is 5.92 Å². The Kier molecular flexibility index (Phi) is 5.51. The summed E-state index contributed by atoms with van der Waals surface area (Å²) in [6.07, 6.45) is 3.76. The highest BCUT2D eigenvalue weighted by atomic mass is 32.2. The Bertz CT molecular complexity index is 214. The van der Waals surface area contributed by atoms with Gasteiger partial charge in [-0.2, -0.15) is 0 Å². The fourth-order valence-corrected chi connectivity index (χ4v) is 2.63. The van der Waals surface area contributed by atoms with E-state index in [1.54, 1.807) is 0 Å². The molecular formula is C12H24N2S. The van der Waals surface area contributed by atoms with Crippen LogP contribution in [0.3, 0.4) is 0 Å². The summed E-state index contributed by atoms with van der Waals surface area (Å²) < 4.78 is 0. The van der Waals surface area contributed by atoms with Crippen molar-refractivity contribution in [1.29, 1.82) is 0 Å². The zero-order chi connectivity index (χ0) is 11.3. The average molecular weight is 228 g/mol. The van der Waals surface area contributed by atoms with Crippen molar-refractivity contribution in [2.24, 2.45) is 10.9 Å². The van der Waals surface area contributed by atoms with E-state index in [-0.39, 0.29) is 0 Å². The van der Waals surface area contributed by atoms with E-state index in [0.29, 0.717) is 11.3 Å². The van der Waals surface area contributed by atoms with Crippen molar-refractivity contribution in [2.45, 2.75) is 58.2 Å². The number of thioether (sulfide) groups is 1.